The van der Waals surface area contributed by atoms with Crippen LogP contribution in [0.5, 0.6) is 0 Å². The molecular formula is C23H39ClN2O3S. The molecule has 1 aliphatic carbocycles. The van der Waals surface area contributed by atoms with E-state index in [1.807, 2.05) is 0 Å². The van der Waals surface area contributed by atoms with Crippen molar-refractivity contribution in [3.8, 4) is 0 Å². The minimum absolute atomic E-state index is 0. The number of halogens is 1. The van der Waals surface area contributed by atoms with Crippen molar-refractivity contribution >= 4 is 27.5 Å². The Bertz CT molecular complexity index is 744. The lowest BCUT2D eigenvalue weighted by molar-refractivity contribution is -0.125. The maximum Gasteiger partial charge on any atom is 0.243 e. The fraction of sp³-hybridized carbons (Fsp3) is 0.696. The number of hydrogen-bond donors (Lipinski definition) is 1. The van der Waals surface area contributed by atoms with Gasteiger partial charge in [0.15, 0.2) is 0 Å². The van der Waals surface area contributed by atoms with Crippen LogP contribution in [0.15, 0.2) is 29.2 Å². The molecule has 0 aromatic heterocycles. The van der Waals surface area contributed by atoms with E-state index in [-0.39, 0.29) is 37.6 Å². The Morgan fingerprint density at radius 2 is 1.57 bits per heavy atom. The van der Waals surface area contributed by atoms with E-state index in [2.05, 4.69) is 5.32 Å². The van der Waals surface area contributed by atoms with Gasteiger partial charge in [0.1, 0.15) is 0 Å². The van der Waals surface area contributed by atoms with Gasteiger partial charge in [-0.3, -0.25) is 4.79 Å². The first kappa shape index (κ1) is 26.9. The predicted octanol–water partition coefficient (Wildman–Crippen LogP) is 5.63. The predicted molar refractivity (Wildman–Crippen MR) is 125 cm³/mol. The van der Waals surface area contributed by atoms with E-state index in [1.165, 1.54) is 19.3 Å². The van der Waals surface area contributed by atoms with Gasteiger partial charge in [0, 0.05) is 30.1 Å². The van der Waals surface area contributed by atoms with E-state index in [1.54, 1.807) is 28.6 Å². The summed E-state index contributed by atoms with van der Waals surface area (Å²) >= 11 is 5.88. The minimum atomic E-state index is -3.52. The third-order valence-corrected chi connectivity index (χ3v) is 8.21. The fourth-order valence-electron chi connectivity index (χ4n) is 4.38. The zero-order chi connectivity index (χ0) is 20.0. The molecule has 5 nitrogen and oxygen atoms in total. The Morgan fingerprint density at radius 1 is 0.967 bits per heavy atom. The number of nitrogens with zero attached hydrogens (tertiary/aromatic N) is 1. The molecule has 172 valence electrons. The summed E-state index contributed by atoms with van der Waals surface area (Å²) in [6.07, 6.45) is 10.3. The van der Waals surface area contributed by atoms with Crippen LogP contribution in [0.1, 0.15) is 79.1 Å². The van der Waals surface area contributed by atoms with E-state index in [0.717, 1.165) is 38.5 Å². The highest BCUT2D eigenvalue weighted by Gasteiger charge is 2.35. The van der Waals surface area contributed by atoms with Crippen LogP contribution in [0.25, 0.3) is 0 Å². The van der Waals surface area contributed by atoms with Crippen LogP contribution in [-0.2, 0) is 14.8 Å². The number of hydrogen-bond acceptors (Lipinski definition) is 3. The number of amides is 1. The highest BCUT2D eigenvalue weighted by atomic mass is 35.5. The molecule has 0 bridgehead atoms. The average Bonchev–Trinajstić information content (AvgIpc) is 3.11. The maximum absolute atomic E-state index is 13.0. The molecule has 1 unspecified atom stereocenters. The minimum Gasteiger partial charge on any atom is -0.356 e. The number of carbonyl (C=O) groups excluding carboxylic acids is 1. The van der Waals surface area contributed by atoms with Gasteiger partial charge in [0.2, 0.25) is 15.9 Å². The van der Waals surface area contributed by atoms with Crippen molar-refractivity contribution in [1.82, 2.24) is 9.62 Å². The van der Waals surface area contributed by atoms with Crippen molar-refractivity contribution in [2.24, 2.45) is 5.92 Å². The van der Waals surface area contributed by atoms with Gasteiger partial charge in [0.25, 0.3) is 0 Å². The van der Waals surface area contributed by atoms with Crippen LogP contribution >= 0.6 is 11.6 Å². The number of rotatable bonds is 6. The molecule has 0 spiro atoms. The van der Waals surface area contributed by atoms with Gasteiger partial charge in [-0.1, -0.05) is 58.6 Å². The molecule has 1 saturated heterocycles. The Kier molecular flexibility index (Phi) is 11.4. The van der Waals surface area contributed by atoms with Gasteiger partial charge < -0.3 is 5.32 Å². The second-order valence-corrected chi connectivity index (χ2v) is 10.3. The number of carbonyl (C=O) groups is 1. The molecule has 1 atom stereocenters. The first-order valence-electron chi connectivity index (χ1n) is 10.5. The van der Waals surface area contributed by atoms with Crippen LogP contribution < -0.4 is 5.32 Å². The van der Waals surface area contributed by atoms with Gasteiger partial charge in [-0.15, -0.1) is 0 Å². The van der Waals surface area contributed by atoms with Crippen LogP contribution in [0.4, 0.5) is 0 Å². The monoisotopic (exact) mass is 458 g/mol. The third kappa shape index (κ3) is 6.96. The Hall–Kier alpha value is -1.11. The van der Waals surface area contributed by atoms with E-state index in [0.29, 0.717) is 24.5 Å². The Morgan fingerprint density at radius 3 is 2.20 bits per heavy atom. The summed E-state index contributed by atoms with van der Waals surface area (Å²) in [7, 11) is -3.52. The third-order valence-electron chi connectivity index (χ3n) is 6.00. The van der Waals surface area contributed by atoms with Crippen LogP contribution in [-0.4, -0.2) is 37.8 Å². The lowest BCUT2D eigenvalue weighted by Crippen LogP contribution is -2.39. The zero-order valence-corrected chi connectivity index (χ0v) is 18.0. The molecule has 1 N–H and O–H groups in total. The number of sulfonamides is 1. The smallest absolute Gasteiger partial charge is 0.243 e. The van der Waals surface area contributed by atoms with E-state index >= 15 is 0 Å². The van der Waals surface area contributed by atoms with E-state index < -0.39 is 10.0 Å². The van der Waals surface area contributed by atoms with Crippen LogP contribution in [0.2, 0.25) is 5.02 Å². The fourth-order valence-corrected chi connectivity index (χ4v) is 6.23. The normalized spacial score (nSPS) is 21.0. The summed E-state index contributed by atoms with van der Waals surface area (Å²) in [4.78, 5) is 12.8. The highest BCUT2D eigenvalue weighted by molar-refractivity contribution is 7.89. The topological polar surface area (TPSA) is 66.5 Å². The van der Waals surface area contributed by atoms with Gasteiger partial charge in [0.05, 0.1) is 4.90 Å². The van der Waals surface area contributed by atoms with Crippen LogP contribution in [0, 0.1) is 5.92 Å². The molecule has 2 aliphatic rings. The molecule has 1 aromatic rings. The quantitative estimate of drug-likeness (QED) is 0.600. The van der Waals surface area contributed by atoms with Gasteiger partial charge in [-0.05, 0) is 56.4 Å². The van der Waals surface area contributed by atoms with E-state index in [4.69, 9.17) is 11.6 Å². The second-order valence-electron chi connectivity index (χ2n) is 7.99. The van der Waals surface area contributed by atoms with E-state index in [9.17, 15) is 13.2 Å². The lowest BCUT2D eigenvalue weighted by atomic mass is 9.90. The SMILES string of the molecule is C.C.O=C(NCCC1CCCN1S(=O)(=O)c1ccc(Cl)cc1)C1CCCCCCC1. The van der Waals surface area contributed by atoms with Gasteiger partial charge >= 0.3 is 0 Å². The summed E-state index contributed by atoms with van der Waals surface area (Å²) in [6.45, 7) is 1.07. The number of benzene rings is 1. The largest absolute Gasteiger partial charge is 0.356 e. The van der Waals surface area contributed by atoms with Crippen molar-refractivity contribution in [2.45, 2.75) is 90.0 Å². The molecule has 3 rings (SSSR count). The summed E-state index contributed by atoms with van der Waals surface area (Å²) in [5, 5.41) is 3.59. The summed E-state index contributed by atoms with van der Waals surface area (Å²) in [5.41, 5.74) is 0. The molecule has 0 radical (unpaired) electrons. The Balaban J connectivity index is 0.00000225. The van der Waals surface area contributed by atoms with Gasteiger partial charge in [-0.25, -0.2) is 8.42 Å². The molecule has 1 saturated carbocycles. The van der Waals surface area contributed by atoms with Crippen molar-refractivity contribution in [3.05, 3.63) is 29.3 Å². The molecular weight excluding hydrogens is 420 g/mol. The maximum atomic E-state index is 13.0. The van der Waals surface area contributed by atoms with Gasteiger partial charge in [-0.2, -0.15) is 4.31 Å². The standard InChI is InChI=1S/C21H31ClN2O3S.2CH4/c22-18-10-12-20(13-11-18)28(26,27)24-16-6-9-19(24)14-15-23-21(25)17-7-4-2-1-3-5-8-17;;/h10-13,17,19H,1-9,14-16H2,(H,23,25);2*1H4. The molecule has 1 aromatic carbocycles. The molecule has 1 heterocycles. The highest BCUT2D eigenvalue weighted by Crippen LogP contribution is 2.28. The number of nitrogens with one attached hydrogen (secondary N) is 1. The van der Waals surface area contributed by atoms with Crippen molar-refractivity contribution in [3.63, 3.8) is 0 Å². The zero-order valence-electron chi connectivity index (χ0n) is 16.4. The molecule has 1 aliphatic heterocycles. The molecule has 1 amide bonds. The summed E-state index contributed by atoms with van der Waals surface area (Å²) < 4.78 is 27.5. The lowest BCUT2D eigenvalue weighted by Gasteiger charge is -2.25. The van der Waals surface area contributed by atoms with Crippen LogP contribution in [0.3, 0.4) is 0 Å². The first-order valence-corrected chi connectivity index (χ1v) is 12.4. The molecule has 2 fully saturated rings. The summed E-state index contributed by atoms with van der Waals surface area (Å²) in [6, 6.07) is 6.27. The van der Waals surface area contributed by atoms with Crippen molar-refractivity contribution < 1.29 is 13.2 Å². The van der Waals surface area contributed by atoms with Crippen molar-refractivity contribution in [2.75, 3.05) is 13.1 Å². The molecule has 30 heavy (non-hydrogen) atoms. The first-order chi connectivity index (χ1) is 13.5. The van der Waals surface area contributed by atoms with Crippen molar-refractivity contribution in [1.29, 1.82) is 0 Å². The average molecular weight is 459 g/mol. The molecule has 7 heteroatoms. The Labute approximate surface area is 188 Å². The summed E-state index contributed by atoms with van der Waals surface area (Å²) in [5.74, 6) is 0.268. The second kappa shape index (κ2) is 12.7.